The van der Waals surface area contributed by atoms with Gasteiger partial charge >= 0.3 is 0 Å². The number of carbonyl (C=O) groups is 3. The van der Waals surface area contributed by atoms with Crippen LogP contribution in [-0.4, -0.2) is 54.5 Å². The minimum absolute atomic E-state index is 0.0404. The van der Waals surface area contributed by atoms with Gasteiger partial charge in [0.2, 0.25) is 11.8 Å². The maximum absolute atomic E-state index is 13.2. The molecule has 0 aliphatic carbocycles. The molecular formula is C22H25N3O5S. The molecule has 2 aromatic rings. The summed E-state index contributed by atoms with van der Waals surface area (Å²) in [6.07, 6.45) is 0.740. The molecule has 0 bridgehead atoms. The van der Waals surface area contributed by atoms with Gasteiger partial charge in [-0.15, -0.1) is 0 Å². The van der Waals surface area contributed by atoms with E-state index < -0.39 is 34.4 Å². The van der Waals surface area contributed by atoms with Crippen molar-refractivity contribution in [2.45, 2.75) is 37.8 Å². The number of carbonyl (C=O) groups excluding carboxylic acids is 3. The van der Waals surface area contributed by atoms with Crippen LogP contribution in [0.1, 0.15) is 36.2 Å². The van der Waals surface area contributed by atoms with Crippen LogP contribution in [0.3, 0.4) is 0 Å². The lowest BCUT2D eigenvalue weighted by Gasteiger charge is -2.30. The molecule has 0 spiro atoms. The van der Waals surface area contributed by atoms with E-state index >= 15 is 0 Å². The summed E-state index contributed by atoms with van der Waals surface area (Å²) in [6, 6.07) is 14.1. The van der Waals surface area contributed by atoms with Crippen LogP contribution in [0.15, 0.2) is 59.5 Å². The molecule has 2 aromatic carbocycles. The zero-order valence-electron chi connectivity index (χ0n) is 17.4. The van der Waals surface area contributed by atoms with E-state index in [9.17, 15) is 22.8 Å². The molecule has 0 fully saturated rings. The molecule has 1 aliphatic heterocycles. The van der Waals surface area contributed by atoms with Gasteiger partial charge < -0.3 is 10.2 Å². The molecule has 3 rings (SSSR count). The number of benzene rings is 2. The maximum atomic E-state index is 13.2. The molecule has 1 atom stereocenters. The van der Waals surface area contributed by atoms with Crippen molar-refractivity contribution in [2.75, 3.05) is 13.1 Å². The van der Waals surface area contributed by atoms with Gasteiger partial charge in [0.1, 0.15) is 17.5 Å². The SMILES string of the molecule is CCCNC(=O)C(C)N(Cc1ccccc1)C(=O)CN1C(=O)c2ccccc2S1(=O)=O. The number of rotatable bonds is 8. The van der Waals surface area contributed by atoms with Crippen molar-refractivity contribution in [1.29, 1.82) is 0 Å². The fraction of sp³-hybridized carbons (Fsp3) is 0.318. The summed E-state index contributed by atoms with van der Waals surface area (Å²) >= 11 is 0. The van der Waals surface area contributed by atoms with E-state index in [1.165, 1.54) is 23.1 Å². The Hall–Kier alpha value is -3.20. The second-order valence-corrected chi connectivity index (χ2v) is 9.12. The van der Waals surface area contributed by atoms with Gasteiger partial charge in [0.05, 0.1) is 5.56 Å². The average Bonchev–Trinajstić information content (AvgIpc) is 2.96. The van der Waals surface area contributed by atoms with Crippen molar-refractivity contribution in [3.63, 3.8) is 0 Å². The van der Waals surface area contributed by atoms with Crippen LogP contribution in [0.25, 0.3) is 0 Å². The first-order valence-electron chi connectivity index (χ1n) is 10.0. The van der Waals surface area contributed by atoms with Gasteiger partial charge in [-0.1, -0.05) is 49.4 Å². The Morgan fingerprint density at radius 2 is 1.71 bits per heavy atom. The number of hydrogen-bond donors (Lipinski definition) is 1. The van der Waals surface area contributed by atoms with Crippen LogP contribution in [0, 0.1) is 0 Å². The fourth-order valence-corrected chi connectivity index (χ4v) is 4.88. The number of hydrogen-bond acceptors (Lipinski definition) is 5. The zero-order chi connectivity index (χ0) is 22.6. The predicted octanol–water partition coefficient (Wildman–Crippen LogP) is 1.77. The zero-order valence-corrected chi connectivity index (χ0v) is 18.3. The van der Waals surface area contributed by atoms with E-state index in [0.717, 1.165) is 12.0 Å². The van der Waals surface area contributed by atoms with Crippen molar-refractivity contribution >= 4 is 27.7 Å². The summed E-state index contributed by atoms with van der Waals surface area (Å²) in [5.41, 5.74) is 0.823. The van der Waals surface area contributed by atoms with Crippen LogP contribution < -0.4 is 5.32 Å². The third-order valence-electron chi connectivity index (χ3n) is 5.10. The van der Waals surface area contributed by atoms with Gasteiger partial charge in [-0.3, -0.25) is 14.4 Å². The van der Waals surface area contributed by atoms with Crippen LogP contribution in [0.2, 0.25) is 0 Å². The normalized spacial score (nSPS) is 15.3. The van der Waals surface area contributed by atoms with Crippen LogP contribution in [0.5, 0.6) is 0 Å². The smallest absolute Gasteiger partial charge is 0.269 e. The van der Waals surface area contributed by atoms with Gasteiger partial charge in [0.15, 0.2) is 0 Å². The first kappa shape index (κ1) is 22.5. The van der Waals surface area contributed by atoms with Gasteiger partial charge in [0, 0.05) is 13.1 Å². The highest BCUT2D eigenvalue weighted by Gasteiger charge is 2.43. The number of nitrogens with zero attached hydrogens (tertiary/aromatic N) is 2. The minimum Gasteiger partial charge on any atom is -0.354 e. The molecule has 9 heteroatoms. The Morgan fingerprint density at radius 1 is 1.06 bits per heavy atom. The lowest BCUT2D eigenvalue weighted by atomic mass is 10.1. The second kappa shape index (κ2) is 9.30. The van der Waals surface area contributed by atoms with Gasteiger partial charge in [-0.05, 0) is 31.0 Å². The molecule has 31 heavy (non-hydrogen) atoms. The number of sulfonamides is 1. The van der Waals surface area contributed by atoms with Crippen molar-refractivity contribution in [3.8, 4) is 0 Å². The predicted molar refractivity (Wildman–Crippen MR) is 114 cm³/mol. The summed E-state index contributed by atoms with van der Waals surface area (Å²) < 4.78 is 26.2. The number of fused-ring (bicyclic) bond motifs is 1. The third kappa shape index (κ3) is 4.61. The second-order valence-electron chi connectivity index (χ2n) is 7.29. The third-order valence-corrected chi connectivity index (χ3v) is 6.89. The molecule has 1 unspecified atom stereocenters. The molecule has 1 N–H and O–H groups in total. The Kier molecular flexibility index (Phi) is 6.74. The molecule has 1 heterocycles. The molecule has 164 valence electrons. The van der Waals surface area contributed by atoms with E-state index in [-0.39, 0.29) is 22.9 Å². The molecule has 3 amide bonds. The van der Waals surface area contributed by atoms with Crippen molar-refractivity contribution in [2.24, 2.45) is 0 Å². The molecule has 0 aromatic heterocycles. The Labute approximate surface area is 181 Å². The van der Waals surface area contributed by atoms with E-state index in [1.54, 1.807) is 13.0 Å². The summed E-state index contributed by atoms with van der Waals surface area (Å²) in [5, 5.41) is 2.75. The first-order chi connectivity index (χ1) is 14.8. The molecule has 8 nitrogen and oxygen atoms in total. The molecule has 0 saturated heterocycles. The van der Waals surface area contributed by atoms with E-state index in [0.29, 0.717) is 10.8 Å². The topological polar surface area (TPSA) is 104 Å². The standard InChI is InChI=1S/C22H25N3O5S/c1-3-13-23-21(27)16(2)24(14-17-9-5-4-6-10-17)20(26)15-25-22(28)18-11-7-8-12-19(18)31(25,29)30/h4-12,16H,3,13-15H2,1-2H3,(H,23,27). The summed E-state index contributed by atoms with van der Waals surface area (Å²) in [4.78, 5) is 39.6. The molecule has 1 aliphatic rings. The molecule has 0 saturated carbocycles. The first-order valence-corrected chi connectivity index (χ1v) is 11.5. The quantitative estimate of drug-likeness (QED) is 0.670. The minimum atomic E-state index is -4.12. The highest BCUT2D eigenvalue weighted by Crippen LogP contribution is 2.30. The van der Waals surface area contributed by atoms with E-state index in [2.05, 4.69) is 5.32 Å². The fourth-order valence-electron chi connectivity index (χ4n) is 3.36. The number of nitrogens with one attached hydrogen (secondary N) is 1. The monoisotopic (exact) mass is 443 g/mol. The number of amides is 3. The maximum Gasteiger partial charge on any atom is 0.269 e. The van der Waals surface area contributed by atoms with Crippen LogP contribution in [-0.2, 0) is 26.2 Å². The van der Waals surface area contributed by atoms with Crippen molar-refractivity contribution in [1.82, 2.24) is 14.5 Å². The van der Waals surface area contributed by atoms with Crippen LogP contribution >= 0.6 is 0 Å². The Bertz CT molecular complexity index is 1090. The largest absolute Gasteiger partial charge is 0.354 e. The van der Waals surface area contributed by atoms with Gasteiger partial charge in [-0.2, -0.15) is 0 Å². The summed E-state index contributed by atoms with van der Waals surface area (Å²) in [5.74, 6) is -1.72. The Balaban J connectivity index is 1.86. The average molecular weight is 444 g/mol. The highest BCUT2D eigenvalue weighted by molar-refractivity contribution is 7.90. The van der Waals surface area contributed by atoms with Crippen molar-refractivity contribution in [3.05, 3.63) is 65.7 Å². The lowest BCUT2D eigenvalue weighted by Crippen LogP contribution is -2.51. The van der Waals surface area contributed by atoms with E-state index in [4.69, 9.17) is 0 Å². The molecular weight excluding hydrogens is 418 g/mol. The van der Waals surface area contributed by atoms with E-state index in [1.807, 2.05) is 37.3 Å². The van der Waals surface area contributed by atoms with Crippen molar-refractivity contribution < 1.29 is 22.8 Å². The Morgan fingerprint density at radius 3 is 2.35 bits per heavy atom. The van der Waals surface area contributed by atoms with Gasteiger partial charge in [0.25, 0.3) is 15.9 Å². The highest BCUT2D eigenvalue weighted by atomic mass is 32.2. The van der Waals surface area contributed by atoms with Crippen LogP contribution in [0.4, 0.5) is 0 Å². The summed E-state index contributed by atoms with van der Waals surface area (Å²) in [7, 11) is -4.12. The lowest BCUT2D eigenvalue weighted by molar-refractivity contribution is -0.140. The van der Waals surface area contributed by atoms with Gasteiger partial charge in [-0.25, -0.2) is 12.7 Å². The molecule has 0 radical (unpaired) electrons. The summed E-state index contributed by atoms with van der Waals surface area (Å²) in [6.45, 7) is 3.40.